The van der Waals surface area contributed by atoms with Crippen molar-refractivity contribution in [3.05, 3.63) is 16.5 Å². The molecule has 1 atom stereocenters. The Hall–Kier alpha value is -1.93. The number of hydrogen-bond acceptors (Lipinski definition) is 6. The Morgan fingerprint density at radius 2 is 2.35 bits per heavy atom. The fourth-order valence-corrected chi connectivity index (χ4v) is 2.74. The molecule has 3 amide bonds. The summed E-state index contributed by atoms with van der Waals surface area (Å²) in [6, 6.07) is 0.941. The standard InChI is InChI=1S/C12H15N3O4S/c1-19-12-7(4-6(5-13)20-12)10(17)14-8-2-3-9(16)15-11(8)18/h4,8H,2-3,5,13H2,1H3,(H,14,17)(H,15,16,18). The molecule has 108 valence electrons. The fraction of sp³-hybridized carbons (Fsp3) is 0.417. The van der Waals surface area contributed by atoms with Gasteiger partial charge in [-0.05, 0) is 12.5 Å². The van der Waals surface area contributed by atoms with Crippen LogP contribution in [0.3, 0.4) is 0 Å². The number of nitrogens with two attached hydrogens (primary N) is 1. The number of thiophene rings is 1. The number of imide groups is 1. The summed E-state index contributed by atoms with van der Waals surface area (Å²) in [6.07, 6.45) is 0.512. The van der Waals surface area contributed by atoms with E-state index in [-0.39, 0.29) is 12.3 Å². The molecule has 0 spiro atoms. The van der Waals surface area contributed by atoms with E-state index < -0.39 is 17.9 Å². The molecule has 1 aliphatic heterocycles. The average Bonchev–Trinajstić information content (AvgIpc) is 2.85. The first kappa shape index (κ1) is 14.5. The van der Waals surface area contributed by atoms with Gasteiger partial charge in [0.15, 0.2) is 5.06 Å². The van der Waals surface area contributed by atoms with Crippen LogP contribution in [-0.2, 0) is 16.1 Å². The van der Waals surface area contributed by atoms with E-state index in [1.54, 1.807) is 6.07 Å². The van der Waals surface area contributed by atoms with Crippen molar-refractivity contribution >= 4 is 29.1 Å². The van der Waals surface area contributed by atoms with Crippen LogP contribution in [0.2, 0.25) is 0 Å². The van der Waals surface area contributed by atoms with Crippen molar-refractivity contribution in [1.29, 1.82) is 0 Å². The molecular formula is C12H15N3O4S. The first-order valence-electron chi connectivity index (χ1n) is 6.06. The third-order valence-corrected chi connectivity index (χ3v) is 4.04. The molecule has 1 aromatic heterocycles. The van der Waals surface area contributed by atoms with Gasteiger partial charge in [-0.1, -0.05) is 0 Å². The number of piperidine rings is 1. The fourth-order valence-electron chi connectivity index (χ4n) is 1.90. The summed E-state index contributed by atoms with van der Waals surface area (Å²) in [6.45, 7) is 0.312. The lowest BCUT2D eigenvalue weighted by Gasteiger charge is -2.21. The number of amides is 3. The van der Waals surface area contributed by atoms with Crippen molar-refractivity contribution in [3.63, 3.8) is 0 Å². The number of ether oxygens (including phenoxy) is 1. The van der Waals surface area contributed by atoms with Crippen molar-refractivity contribution < 1.29 is 19.1 Å². The lowest BCUT2D eigenvalue weighted by molar-refractivity contribution is -0.134. The number of rotatable bonds is 4. The molecule has 2 heterocycles. The number of hydrogen-bond donors (Lipinski definition) is 3. The maximum absolute atomic E-state index is 12.2. The molecule has 7 nitrogen and oxygen atoms in total. The molecule has 1 fully saturated rings. The molecule has 1 aromatic rings. The maximum Gasteiger partial charge on any atom is 0.256 e. The van der Waals surface area contributed by atoms with E-state index >= 15 is 0 Å². The summed E-state index contributed by atoms with van der Waals surface area (Å²) in [7, 11) is 1.47. The number of methoxy groups -OCH3 is 1. The monoisotopic (exact) mass is 297 g/mol. The van der Waals surface area contributed by atoms with Crippen molar-refractivity contribution in [1.82, 2.24) is 10.6 Å². The van der Waals surface area contributed by atoms with Gasteiger partial charge < -0.3 is 15.8 Å². The molecule has 2 rings (SSSR count). The van der Waals surface area contributed by atoms with Crippen molar-refractivity contribution in [2.75, 3.05) is 7.11 Å². The molecule has 0 aromatic carbocycles. The van der Waals surface area contributed by atoms with Gasteiger partial charge in [0.1, 0.15) is 6.04 Å². The van der Waals surface area contributed by atoms with Crippen molar-refractivity contribution in [2.24, 2.45) is 5.73 Å². The van der Waals surface area contributed by atoms with E-state index in [0.29, 0.717) is 23.6 Å². The van der Waals surface area contributed by atoms with Gasteiger partial charge in [0.2, 0.25) is 11.8 Å². The second-order valence-electron chi connectivity index (χ2n) is 4.30. The summed E-state index contributed by atoms with van der Waals surface area (Å²) in [5.41, 5.74) is 5.88. The van der Waals surface area contributed by atoms with Crippen LogP contribution in [-0.4, -0.2) is 30.9 Å². The highest BCUT2D eigenvalue weighted by atomic mass is 32.1. The lowest BCUT2D eigenvalue weighted by atomic mass is 10.1. The van der Waals surface area contributed by atoms with E-state index in [9.17, 15) is 14.4 Å². The van der Waals surface area contributed by atoms with Gasteiger partial charge in [-0.15, -0.1) is 11.3 Å². The minimum Gasteiger partial charge on any atom is -0.487 e. The van der Waals surface area contributed by atoms with E-state index in [0.717, 1.165) is 4.88 Å². The van der Waals surface area contributed by atoms with Crippen LogP contribution < -0.4 is 21.1 Å². The zero-order chi connectivity index (χ0) is 14.7. The summed E-state index contributed by atoms with van der Waals surface area (Å²) >= 11 is 1.29. The molecule has 1 unspecified atom stereocenters. The molecule has 8 heteroatoms. The minimum absolute atomic E-state index is 0.214. The Balaban J connectivity index is 2.10. The van der Waals surface area contributed by atoms with Crippen LogP contribution in [0.15, 0.2) is 6.07 Å². The van der Waals surface area contributed by atoms with E-state index in [2.05, 4.69) is 10.6 Å². The Bertz CT molecular complexity index is 555. The Morgan fingerprint density at radius 3 is 2.95 bits per heavy atom. The molecule has 1 saturated heterocycles. The van der Waals surface area contributed by atoms with Gasteiger partial charge in [0, 0.05) is 17.8 Å². The van der Waals surface area contributed by atoms with Crippen LogP contribution in [0.4, 0.5) is 0 Å². The zero-order valence-corrected chi connectivity index (χ0v) is 11.7. The highest BCUT2D eigenvalue weighted by molar-refractivity contribution is 7.14. The predicted octanol–water partition coefficient (Wildman–Crippen LogP) is -0.250. The van der Waals surface area contributed by atoms with Crippen LogP contribution in [0.5, 0.6) is 5.06 Å². The smallest absolute Gasteiger partial charge is 0.256 e. The molecular weight excluding hydrogens is 282 g/mol. The van der Waals surface area contributed by atoms with E-state index in [4.69, 9.17) is 10.5 Å². The van der Waals surface area contributed by atoms with Crippen molar-refractivity contribution in [2.45, 2.75) is 25.4 Å². The van der Waals surface area contributed by atoms with Gasteiger partial charge in [-0.3, -0.25) is 19.7 Å². The van der Waals surface area contributed by atoms with Crippen LogP contribution in [0.25, 0.3) is 0 Å². The highest BCUT2D eigenvalue weighted by Crippen LogP contribution is 2.30. The molecule has 0 saturated carbocycles. The van der Waals surface area contributed by atoms with Gasteiger partial charge in [0.05, 0.1) is 12.7 Å². The van der Waals surface area contributed by atoms with E-state index in [1.807, 2.05) is 0 Å². The topological polar surface area (TPSA) is 111 Å². The number of carbonyl (C=O) groups is 3. The molecule has 0 aliphatic carbocycles. The summed E-state index contributed by atoms with van der Waals surface area (Å²) in [5.74, 6) is -1.21. The Labute approximate surface area is 119 Å². The Morgan fingerprint density at radius 1 is 1.60 bits per heavy atom. The normalized spacial score (nSPS) is 18.6. The maximum atomic E-state index is 12.2. The minimum atomic E-state index is -0.703. The van der Waals surface area contributed by atoms with Gasteiger partial charge in [-0.25, -0.2) is 0 Å². The molecule has 0 radical (unpaired) electrons. The van der Waals surface area contributed by atoms with Crippen LogP contribution in [0, 0.1) is 0 Å². The first-order chi connectivity index (χ1) is 9.55. The third-order valence-electron chi connectivity index (χ3n) is 2.92. The van der Waals surface area contributed by atoms with Crippen molar-refractivity contribution in [3.8, 4) is 5.06 Å². The summed E-state index contributed by atoms with van der Waals surface area (Å²) < 4.78 is 5.13. The largest absolute Gasteiger partial charge is 0.487 e. The SMILES string of the molecule is COc1sc(CN)cc1C(=O)NC1CCC(=O)NC1=O. The van der Waals surface area contributed by atoms with E-state index in [1.165, 1.54) is 18.4 Å². The van der Waals surface area contributed by atoms with Crippen LogP contribution >= 0.6 is 11.3 Å². The van der Waals surface area contributed by atoms with Gasteiger partial charge >= 0.3 is 0 Å². The number of carbonyl (C=O) groups excluding carboxylic acids is 3. The quantitative estimate of drug-likeness (QED) is 0.664. The molecule has 1 aliphatic rings. The van der Waals surface area contributed by atoms with Gasteiger partial charge in [0.25, 0.3) is 5.91 Å². The lowest BCUT2D eigenvalue weighted by Crippen LogP contribution is -2.52. The predicted molar refractivity (Wildman–Crippen MR) is 72.4 cm³/mol. The van der Waals surface area contributed by atoms with Gasteiger partial charge in [-0.2, -0.15) is 0 Å². The summed E-state index contributed by atoms with van der Waals surface area (Å²) in [4.78, 5) is 35.6. The first-order valence-corrected chi connectivity index (χ1v) is 6.88. The molecule has 20 heavy (non-hydrogen) atoms. The third kappa shape index (κ3) is 2.97. The second kappa shape index (κ2) is 6.02. The highest BCUT2D eigenvalue weighted by Gasteiger charge is 2.29. The number of nitrogens with one attached hydrogen (secondary N) is 2. The average molecular weight is 297 g/mol. The molecule has 0 bridgehead atoms. The second-order valence-corrected chi connectivity index (χ2v) is 5.40. The zero-order valence-electron chi connectivity index (χ0n) is 10.9. The summed E-state index contributed by atoms with van der Waals surface area (Å²) in [5, 5.41) is 5.24. The van der Waals surface area contributed by atoms with Crippen LogP contribution in [0.1, 0.15) is 28.1 Å². The Kier molecular flexibility index (Phi) is 4.35. The molecule has 4 N–H and O–H groups in total.